The van der Waals surface area contributed by atoms with E-state index in [2.05, 4.69) is 34.7 Å². The molecule has 0 aliphatic rings. The molecule has 0 N–H and O–H groups in total. The molecule has 0 aliphatic carbocycles. The van der Waals surface area contributed by atoms with Crippen LogP contribution in [-0.2, 0) is 5.75 Å². The lowest BCUT2D eigenvalue weighted by atomic mass is 10.2. The predicted molar refractivity (Wildman–Crippen MR) is 95.4 cm³/mol. The van der Waals surface area contributed by atoms with E-state index in [1.807, 2.05) is 31.2 Å². The molecule has 0 aliphatic heterocycles. The Kier molecular flexibility index (Phi) is 4.94. The molecule has 0 spiro atoms. The van der Waals surface area contributed by atoms with Gasteiger partial charge in [-0.25, -0.2) is 0 Å². The Bertz CT molecular complexity index is 823. The number of ether oxygens (including phenoxy) is 1. The molecule has 0 radical (unpaired) electrons. The first-order valence-electron chi connectivity index (χ1n) is 7.85. The molecule has 3 rings (SSSR count). The van der Waals surface area contributed by atoms with Crippen LogP contribution >= 0.6 is 11.8 Å². The van der Waals surface area contributed by atoms with E-state index in [1.54, 1.807) is 25.1 Å². The van der Waals surface area contributed by atoms with Crippen molar-refractivity contribution in [3.05, 3.63) is 47.9 Å². The van der Waals surface area contributed by atoms with Crippen LogP contribution in [-0.4, -0.2) is 21.9 Å². The van der Waals surface area contributed by atoms with Gasteiger partial charge in [0, 0.05) is 11.8 Å². The lowest BCUT2D eigenvalue weighted by Gasteiger charge is -2.13. The lowest BCUT2D eigenvalue weighted by molar-refractivity contribution is 0.414. The van der Waals surface area contributed by atoms with Crippen molar-refractivity contribution in [2.24, 2.45) is 0 Å². The average molecular weight is 343 g/mol. The second-order valence-corrected chi connectivity index (χ2v) is 6.74. The Morgan fingerprint density at radius 1 is 1.25 bits per heavy atom. The fourth-order valence-electron chi connectivity index (χ4n) is 2.55. The van der Waals surface area contributed by atoms with Gasteiger partial charge in [0.1, 0.15) is 11.5 Å². The molecule has 0 saturated carbocycles. The van der Waals surface area contributed by atoms with Crippen LogP contribution in [0, 0.1) is 6.92 Å². The zero-order chi connectivity index (χ0) is 17.1. The molecule has 5 nitrogen and oxygen atoms in total. The smallest absolute Gasteiger partial charge is 0.192 e. The number of furan rings is 1. The summed E-state index contributed by atoms with van der Waals surface area (Å²) in [6.45, 7) is 6.22. The molecule has 0 fully saturated rings. The maximum Gasteiger partial charge on any atom is 0.192 e. The molecule has 3 aromatic rings. The van der Waals surface area contributed by atoms with E-state index < -0.39 is 0 Å². The Balaban J connectivity index is 1.86. The molecule has 126 valence electrons. The van der Waals surface area contributed by atoms with Crippen molar-refractivity contribution in [3.63, 3.8) is 0 Å². The monoisotopic (exact) mass is 343 g/mol. The summed E-state index contributed by atoms with van der Waals surface area (Å²) in [5.41, 5.74) is 2.18. The van der Waals surface area contributed by atoms with Gasteiger partial charge in [-0.3, -0.25) is 4.57 Å². The summed E-state index contributed by atoms with van der Waals surface area (Å²) >= 11 is 1.67. The highest BCUT2D eigenvalue weighted by molar-refractivity contribution is 7.98. The van der Waals surface area contributed by atoms with Crippen LogP contribution in [0.5, 0.6) is 5.75 Å². The van der Waals surface area contributed by atoms with Gasteiger partial charge in [0.15, 0.2) is 11.0 Å². The second kappa shape index (κ2) is 7.13. The van der Waals surface area contributed by atoms with E-state index in [-0.39, 0.29) is 6.04 Å². The van der Waals surface area contributed by atoms with Crippen molar-refractivity contribution >= 4 is 11.8 Å². The molecule has 2 heterocycles. The maximum atomic E-state index is 5.42. The molecule has 0 bridgehead atoms. The third-order valence-electron chi connectivity index (χ3n) is 3.78. The molecular weight excluding hydrogens is 322 g/mol. The number of aryl methyl sites for hydroxylation is 1. The van der Waals surface area contributed by atoms with Crippen LogP contribution in [0.2, 0.25) is 0 Å². The minimum Gasteiger partial charge on any atom is -0.497 e. The summed E-state index contributed by atoms with van der Waals surface area (Å²) in [4.78, 5) is 0. The highest BCUT2D eigenvalue weighted by atomic mass is 32.2. The van der Waals surface area contributed by atoms with E-state index >= 15 is 0 Å². The summed E-state index contributed by atoms with van der Waals surface area (Å²) < 4.78 is 12.9. The summed E-state index contributed by atoms with van der Waals surface area (Å²) in [5, 5.41) is 9.70. The number of benzene rings is 1. The molecule has 6 heteroatoms. The van der Waals surface area contributed by atoms with Crippen molar-refractivity contribution in [2.75, 3.05) is 7.11 Å². The zero-order valence-electron chi connectivity index (χ0n) is 14.3. The molecular formula is C18H21N3O2S. The number of nitrogens with zero attached hydrogens (tertiary/aromatic N) is 3. The molecule has 0 unspecified atom stereocenters. The van der Waals surface area contributed by atoms with Crippen LogP contribution in [0.15, 0.2) is 46.2 Å². The number of rotatable bonds is 6. The first kappa shape index (κ1) is 16.6. The van der Waals surface area contributed by atoms with E-state index in [9.17, 15) is 0 Å². The Hall–Kier alpha value is -2.21. The quantitative estimate of drug-likeness (QED) is 0.606. The standard InChI is InChI=1S/C18H21N3O2S/c1-12(2)21-17(16-8-9-23-13(16)3)19-20-18(21)24-11-14-6-5-7-15(10-14)22-4/h5-10,12H,11H2,1-4H3. The molecule has 1 aromatic carbocycles. The summed E-state index contributed by atoms with van der Waals surface area (Å²) in [6.07, 6.45) is 1.69. The van der Waals surface area contributed by atoms with Crippen LogP contribution in [0.25, 0.3) is 11.4 Å². The second-order valence-electron chi connectivity index (χ2n) is 5.80. The minimum atomic E-state index is 0.261. The van der Waals surface area contributed by atoms with Crippen LogP contribution < -0.4 is 4.74 Å². The third-order valence-corrected chi connectivity index (χ3v) is 4.80. The van der Waals surface area contributed by atoms with Crippen molar-refractivity contribution in [1.29, 1.82) is 0 Å². The molecule has 2 aromatic heterocycles. The van der Waals surface area contributed by atoms with Crippen molar-refractivity contribution < 1.29 is 9.15 Å². The summed E-state index contributed by atoms with van der Waals surface area (Å²) in [7, 11) is 1.68. The van der Waals surface area contributed by atoms with Crippen LogP contribution in [0.3, 0.4) is 0 Å². The van der Waals surface area contributed by atoms with Crippen LogP contribution in [0.4, 0.5) is 0 Å². The van der Waals surface area contributed by atoms with Gasteiger partial charge >= 0.3 is 0 Å². The van der Waals surface area contributed by atoms with Gasteiger partial charge in [0.05, 0.1) is 18.9 Å². The fraction of sp³-hybridized carbons (Fsp3) is 0.333. The third kappa shape index (κ3) is 3.33. The van der Waals surface area contributed by atoms with Gasteiger partial charge in [-0.15, -0.1) is 10.2 Å². The Labute approximate surface area is 146 Å². The van der Waals surface area contributed by atoms with Crippen molar-refractivity contribution in [2.45, 2.75) is 37.7 Å². The SMILES string of the molecule is COc1cccc(CSc2nnc(-c3ccoc3C)n2C(C)C)c1. The van der Waals surface area contributed by atoms with Crippen LogP contribution in [0.1, 0.15) is 31.2 Å². The summed E-state index contributed by atoms with van der Waals surface area (Å²) in [6, 6.07) is 10.3. The number of aromatic nitrogens is 3. The molecule has 0 saturated heterocycles. The first-order valence-corrected chi connectivity index (χ1v) is 8.83. The minimum absolute atomic E-state index is 0.261. The van der Waals surface area contributed by atoms with Gasteiger partial charge in [-0.2, -0.15) is 0 Å². The lowest BCUT2D eigenvalue weighted by Crippen LogP contribution is -2.05. The predicted octanol–water partition coefficient (Wildman–Crippen LogP) is 4.73. The normalized spacial score (nSPS) is 11.2. The van der Waals surface area contributed by atoms with E-state index in [1.165, 1.54) is 5.56 Å². The first-order chi connectivity index (χ1) is 11.6. The number of methoxy groups -OCH3 is 1. The van der Waals surface area contributed by atoms with Gasteiger partial charge < -0.3 is 9.15 Å². The van der Waals surface area contributed by atoms with E-state index in [0.717, 1.165) is 33.8 Å². The fourth-order valence-corrected chi connectivity index (χ4v) is 3.56. The Morgan fingerprint density at radius 2 is 2.08 bits per heavy atom. The van der Waals surface area contributed by atoms with Gasteiger partial charge in [-0.05, 0) is 44.5 Å². The van der Waals surface area contributed by atoms with Crippen molar-refractivity contribution in [1.82, 2.24) is 14.8 Å². The van der Waals surface area contributed by atoms with Crippen molar-refractivity contribution in [3.8, 4) is 17.1 Å². The average Bonchev–Trinajstić information content (AvgIpc) is 3.18. The topological polar surface area (TPSA) is 53.1 Å². The molecule has 24 heavy (non-hydrogen) atoms. The molecule has 0 amide bonds. The molecule has 0 atom stereocenters. The largest absolute Gasteiger partial charge is 0.497 e. The number of hydrogen-bond donors (Lipinski definition) is 0. The summed E-state index contributed by atoms with van der Waals surface area (Å²) in [5.74, 6) is 3.39. The van der Waals surface area contributed by atoms with Gasteiger partial charge in [-0.1, -0.05) is 23.9 Å². The highest BCUT2D eigenvalue weighted by Gasteiger charge is 2.19. The van der Waals surface area contributed by atoms with Gasteiger partial charge in [0.2, 0.25) is 0 Å². The zero-order valence-corrected chi connectivity index (χ0v) is 15.1. The number of hydrogen-bond acceptors (Lipinski definition) is 5. The Morgan fingerprint density at radius 3 is 2.75 bits per heavy atom. The van der Waals surface area contributed by atoms with E-state index in [4.69, 9.17) is 9.15 Å². The number of thioether (sulfide) groups is 1. The van der Waals surface area contributed by atoms with E-state index in [0.29, 0.717) is 0 Å². The van der Waals surface area contributed by atoms with Gasteiger partial charge in [0.25, 0.3) is 0 Å². The maximum absolute atomic E-state index is 5.42. The highest BCUT2D eigenvalue weighted by Crippen LogP contribution is 2.31.